The SMILES string of the molecule is CC(C)(O)COc1cccc([C@H]2SCC[C@@H](CN)NC2=O)c1. The minimum absolute atomic E-state index is 0.00223. The van der Waals surface area contributed by atoms with Crippen molar-refractivity contribution in [2.75, 3.05) is 18.9 Å². The fraction of sp³-hybridized carbons (Fsp3) is 0.562. The number of carbonyl (C=O) groups is 1. The Balaban J connectivity index is 2.09. The number of nitrogens with two attached hydrogens (primary N) is 1. The van der Waals surface area contributed by atoms with Crippen molar-refractivity contribution < 1.29 is 14.6 Å². The first-order valence-corrected chi connectivity index (χ1v) is 8.51. The van der Waals surface area contributed by atoms with Crippen LogP contribution < -0.4 is 15.8 Å². The summed E-state index contributed by atoms with van der Waals surface area (Å²) in [5, 5.41) is 12.5. The van der Waals surface area contributed by atoms with Crippen LogP contribution in [0.2, 0.25) is 0 Å². The van der Waals surface area contributed by atoms with Crippen LogP contribution in [0.3, 0.4) is 0 Å². The van der Waals surface area contributed by atoms with E-state index in [9.17, 15) is 9.90 Å². The molecule has 2 rings (SSSR count). The largest absolute Gasteiger partial charge is 0.491 e. The molecule has 1 aliphatic heterocycles. The normalized spacial score (nSPS) is 22.8. The summed E-state index contributed by atoms with van der Waals surface area (Å²) in [5.41, 5.74) is 5.68. The highest BCUT2D eigenvalue weighted by Crippen LogP contribution is 2.33. The number of benzene rings is 1. The van der Waals surface area contributed by atoms with Crippen LogP contribution in [0.4, 0.5) is 0 Å². The van der Waals surface area contributed by atoms with Crippen LogP contribution in [-0.2, 0) is 4.79 Å². The lowest BCUT2D eigenvalue weighted by Gasteiger charge is -2.19. The monoisotopic (exact) mass is 324 g/mol. The van der Waals surface area contributed by atoms with Crippen LogP contribution >= 0.6 is 11.8 Å². The molecule has 1 saturated heterocycles. The number of ether oxygens (including phenoxy) is 1. The average Bonchev–Trinajstić information content (AvgIpc) is 2.66. The molecule has 1 aliphatic rings. The van der Waals surface area contributed by atoms with Crippen molar-refractivity contribution in [2.24, 2.45) is 5.73 Å². The maximum absolute atomic E-state index is 12.3. The molecule has 0 spiro atoms. The van der Waals surface area contributed by atoms with E-state index in [1.54, 1.807) is 25.6 Å². The third-order valence-corrected chi connectivity index (χ3v) is 4.66. The van der Waals surface area contributed by atoms with Crippen molar-refractivity contribution in [3.63, 3.8) is 0 Å². The van der Waals surface area contributed by atoms with Gasteiger partial charge in [-0.15, -0.1) is 11.8 Å². The van der Waals surface area contributed by atoms with Gasteiger partial charge in [0.05, 0.1) is 5.60 Å². The third kappa shape index (κ3) is 4.90. The Kier molecular flexibility index (Phi) is 5.72. The number of aliphatic hydroxyl groups is 1. The number of rotatable bonds is 5. The molecule has 22 heavy (non-hydrogen) atoms. The lowest BCUT2D eigenvalue weighted by molar-refractivity contribution is -0.121. The molecule has 1 heterocycles. The van der Waals surface area contributed by atoms with Gasteiger partial charge in [-0.25, -0.2) is 0 Å². The lowest BCUT2D eigenvalue weighted by Crippen LogP contribution is -2.40. The molecule has 0 aliphatic carbocycles. The smallest absolute Gasteiger partial charge is 0.237 e. The van der Waals surface area contributed by atoms with E-state index in [-0.39, 0.29) is 23.8 Å². The minimum Gasteiger partial charge on any atom is -0.491 e. The molecule has 4 N–H and O–H groups in total. The maximum Gasteiger partial charge on any atom is 0.237 e. The summed E-state index contributed by atoms with van der Waals surface area (Å²) < 4.78 is 5.60. The number of nitrogens with one attached hydrogen (secondary N) is 1. The van der Waals surface area contributed by atoms with Gasteiger partial charge in [-0.3, -0.25) is 4.79 Å². The molecular weight excluding hydrogens is 300 g/mol. The van der Waals surface area contributed by atoms with Crippen LogP contribution in [0.5, 0.6) is 5.75 Å². The summed E-state index contributed by atoms with van der Waals surface area (Å²) in [7, 11) is 0. The van der Waals surface area contributed by atoms with Gasteiger partial charge >= 0.3 is 0 Å². The number of amides is 1. The predicted molar refractivity (Wildman–Crippen MR) is 89.0 cm³/mol. The number of thioether (sulfide) groups is 1. The lowest BCUT2D eigenvalue weighted by atomic mass is 10.1. The molecular formula is C16H24N2O3S. The summed E-state index contributed by atoms with van der Waals surface area (Å²) in [6.07, 6.45) is 0.887. The second-order valence-corrected chi connectivity index (χ2v) is 7.37. The number of hydrogen-bond acceptors (Lipinski definition) is 5. The second kappa shape index (κ2) is 7.35. The van der Waals surface area contributed by atoms with E-state index in [2.05, 4.69) is 5.32 Å². The predicted octanol–water partition coefficient (Wildman–Crippen LogP) is 1.46. The van der Waals surface area contributed by atoms with Gasteiger partial charge in [0.1, 0.15) is 17.6 Å². The Morgan fingerprint density at radius 3 is 2.95 bits per heavy atom. The first-order valence-electron chi connectivity index (χ1n) is 7.46. The van der Waals surface area contributed by atoms with E-state index in [4.69, 9.17) is 10.5 Å². The van der Waals surface area contributed by atoms with Crippen LogP contribution in [0, 0.1) is 0 Å². The van der Waals surface area contributed by atoms with Gasteiger partial charge in [0.25, 0.3) is 0 Å². The van der Waals surface area contributed by atoms with E-state index >= 15 is 0 Å². The highest BCUT2D eigenvalue weighted by Gasteiger charge is 2.27. The standard InChI is InChI=1S/C16H24N2O3S/c1-16(2,20)10-21-13-5-3-4-11(8-13)14-15(19)18-12(9-17)6-7-22-14/h3-5,8,12,14,20H,6-7,9-10,17H2,1-2H3,(H,18,19)/t12-,14+/m0/s1. The molecule has 1 aromatic rings. The molecule has 1 aromatic carbocycles. The molecule has 122 valence electrons. The molecule has 2 atom stereocenters. The highest BCUT2D eigenvalue weighted by molar-refractivity contribution is 8.00. The van der Waals surface area contributed by atoms with E-state index in [1.807, 2.05) is 24.3 Å². The molecule has 0 saturated carbocycles. The molecule has 0 bridgehead atoms. The van der Waals surface area contributed by atoms with Gasteiger partial charge in [-0.2, -0.15) is 0 Å². The van der Waals surface area contributed by atoms with Gasteiger partial charge in [0.2, 0.25) is 5.91 Å². The third-order valence-electron chi connectivity index (χ3n) is 3.37. The van der Waals surface area contributed by atoms with E-state index in [0.29, 0.717) is 12.3 Å². The van der Waals surface area contributed by atoms with Crippen molar-refractivity contribution in [1.82, 2.24) is 5.32 Å². The van der Waals surface area contributed by atoms with Gasteiger partial charge < -0.3 is 20.9 Å². The van der Waals surface area contributed by atoms with Gasteiger partial charge in [0, 0.05) is 12.6 Å². The zero-order valence-corrected chi connectivity index (χ0v) is 13.9. The van der Waals surface area contributed by atoms with E-state index in [1.165, 1.54) is 0 Å². The quantitative estimate of drug-likeness (QED) is 0.763. The van der Waals surface area contributed by atoms with Crippen molar-refractivity contribution in [3.05, 3.63) is 29.8 Å². The fourth-order valence-corrected chi connectivity index (χ4v) is 3.42. The van der Waals surface area contributed by atoms with Gasteiger partial charge in [0.15, 0.2) is 0 Å². The number of hydrogen-bond donors (Lipinski definition) is 3. The van der Waals surface area contributed by atoms with E-state index in [0.717, 1.165) is 17.7 Å². The summed E-state index contributed by atoms with van der Waals surface area (Å²) in [6, 6.07) is 7.55. The van der Waals surface area contributed by atoms with Crippen LogP contribution in [0.25, 0.3) is 0 Å². The molecule has 0 unspecified atom stereocenters. The Hall–Kier alpha value is -1.24. The van der Waals surface area contributed by atoms with Crippen molar-refractivity contribution >= 4 is 17.7 Å². The Labute approximate surface area is 135 Å². The van der Waals surface area contributed by atoms with Crippen molar-refractivity contribution in [1.29, 1.82) is 0 Å². The first-order chi connectivity index (χ1) is 10.4. The maximum atomic E-state index is 12.3. The molecule has 0 radical (unpaired) electrons. The van der Waals surface area contributed by atoms with Gasteiger partial charge in [-0.1, -0.05) is 12.1 Å². The molecule has 1 amide bonds. The zero-order valence-electron chi connectivity index (χ0n) is 13.0. The number of carbonyl (C=O) groups excluding carboxylic acids is 1. The van der Waals surface area contributed by atoms with Crippen LogP contribution in [-0.4, -0.2) is 41.6 Å². The van der Waals surface area contributed by atoms with Crippen molar-refractivity contribution in [3.8, 4) is 5.75 Å². The fourth-order valence-electron chi connectivity index (χ4n) is 2.20. The zero-order chi connectivity index (χ0) is 16.2. The Bertz CT molecular complexity index is 516. The molecule has 1 fully saturated rings. The summed E-state index contributed by atoms with van der Waals surface area (Å²) in [4.78, 5) is 12.3. The molecule has 0 aromatic heterocycles. The highest BCUT2D eigenvalue weighted by atomic mass is 32.2. The first kappa shape index (κ1) is 17.1. The van der Waals surface area contributed by atoms with Crippen LogP contribution in [0.1, 0.15) is 31.1 Å². The van der Waals surface area contributed by atoms with E-state index < -0.39 is 5.60 Å². The van der Waals surface area contributed by atoms with Gasteiger partial charge in [-0.05, 0) is 43.7 Å². The van der Waals surface area contributed by atoms with Crippen molar-refractivity contribution in [2.45, 2.75) is 37.2 Å². The Morgan fingerprint density at radius 1 is 1.50 bits per heavy atom. The molecule has 6 heteroatoms. The summed E-state index contributed by atoms with van der Waals surface area (Å²) in [5.74, 6) is 1.55. The topological polar surface area (TPSA) is 84.6 Å². The molecule has 5 nitrogen and oxygen atoms in total. The van der Waals surface area contributed by atoms with Crippen LogP contribution in [0.15, 0.2) is 24.3 Å². The summed E-state index contributed by atoms with van der Waals surface area (Å²) in [6.45, 7) is 4.06. The Morgan fingerprint density at radius 2 is 2.27 bits per heavy atom. The minimum atomic E-state index is -0.890. The second-order valence-electron chi connectivity index (χ2n) is 6.15. The average molecular weight is 324 g/mol. The summed E-state index contributed by atoms with van der Waals surface area (Å²) >= 11 is 1.62.